The molecule has 1 aromatic carbocycles. The Morgan fingerprint density at radius 3 is 2.91 bits per heavy atom. The molecule has 2 bridgehead atoms. The Hall–Kier alpha value is -1.51. The molecule has 1 N–H and O–H groups in total. The molecule has 1 amide bonds. The zero-order chi connectivity index (χ0) is 15.0. The number of rotatable bonds is 3. The second kappa shape index (κ2) is 5.60. The highest BCUT2D eigenvalue weighted by atomic mass is 16.5. The van der Waals surface area contributed by atoms with Crippen molar-refractivity contribution in [2.45, 2.75) is 57.1 Å². The Morgan fingerprint density at radius 2 is 2.05 bits per heavy atom. The van der Waals surface area contributed by atoms with Crippen molar-refractivity contribution in [1.29, 1.82) is 0 Å². The zero-order valence-electron chi connectivity index (χ0n) is 13.1. The highest BCUT2D eigenvalue weighted by molar-refractivity contribution is 5.68. The molecule has 1 aromatic rings. The van der Waals surface area contributed by atoms with Gasteiger partial charge in [0.05, 0.1) is 0 Å². The van der Waals surface area contributed by atoms with Crippen molar-refractivity contribution in [1.82, 2.24) is 5.32 Å². The van der Waals surface area contributed by atoms with Crippen LogP contribution in [0.4, 0.5) is 4.79 Å². The van der Waals surface area contributed by atoms with Crippen molar-refractivity contribution in [2.24, 2.45) is 17.8 Å². The van der Waals surface area contributed by atoms with E-state index in [1.807, 2.05) is 30.3 Å². The van der Waals surface area contributed by atoms with Gasteiger partial charge in [-0.25, -0.2) is 4.79 Å². The van der Waals surface area contributed by atoms with Crippen molar-refractivity contribution < 1.29 is 9.53 Å². The molecule has 3 fully saturated rings. The summed E-state index contributed by atoms with van der Waals surface area (Å²) in [6.45, 7) is 0.363. The first kappa shape index (κ1) is 14.1. The van der Waals surface area contributed by atoms with Gasteiger partial charge in [0, 0.05) is 5.54 Å². The van der Waals surface area contributed by atoms with Crippen LogP contribution in [0.5, 0.6) is 0 Å². The molecule has 22 heavy (non-hydrogen) atoms. The SMILES string of the molecule is O=C(NC12CCCCC1[C@@H]1CC[C@H]2C1)OCc1ccccc1. The molecule has 0 aliphatic heterocycles. The van der Waals surface area contributed by atoms with E-state index in [0.29, 0.717) is 18.4 Å². The van der Waals surface area contributed by atoms with Gasteiger partial charge in [-0.1, -0.05) is 43.2 Å². The third-order valence-corrected chi connectivity index (χ3v) is 6.34. The van der Waals surface area contributed by atoms with E-state index >= 15 is 0 Å². The Kier molecular flexibility index (Phi) is 3.59. The second-order valence-corrected chi connectivity index (χ2v) is 7.35. The maximum Gasteiger partial charge on any atom is 0.407 e. The monoisotopic (exact) mass is 299 g/mol. The van der Waals surface area contributed by atoms with Gasteiger partial charge in [0.1, 0.15) is 6.61 Å². The first-order chi connectivity index (χ1) is 10.8. The Balaban J connectivity index is 1.42. The normalized spacial score (nSPS) is 35.9. The minimum atomic E-state index is -0.219. The number of hydrogen-bond donors (Lipinski definition) is 1. The van der Waals surface area contributed by atoms with E-state index in [2.05, 4.69) is 5.32 Å². The maximum absolute atomic E-state index is 12.4. The predicted octanol–water partition coefficient (Wildman–Crippen LogP) is 4.27. The van der Waals surface area contributed by atoms with E-state index in [4.69, 9.17) is 4.74 Å². The molecular weight excluding hydrogens is 274 g/mol. The highest BCUT2D eigenvalue weighted by Gasteiger charge is 2.59. The smallest absolute Gasteiger partial charge is 0.407 e. The number of benzene rings is 1. The van der Waals surface area contributed by atoms with Gasteiger partial charge in [-0.2, -0.15) is 0 Å². The van der Waals surface area contributed by atoms with Gasteiger partial charge in [0.15, 0.2) is 0 Å². The average Bonchev–Trinajstić information content (AvgIpc) is 3.15. The first-order valence-electron chi connectivity index (χ1n) is 8.77. The molecule has 0 radical (unpaired) electrons. The summed E-state index contributed by atoms with van der Waals surface area (Å²) in [6.07, 6.45) is 8.79. The third-order valence-electron chi connectivity index (χ3n) is 6.34. The van der Waals surface area contributed by atoms with Gasteiger partial charge in [0.2, 0.25) is 0 Å². The lowest BCUT2D eigenvalue weighted by atomic mass is 9.65. The fourth-order valence-corrected chi connectivity index (χ4v) is 5.44. The summed E-state index contributed by atoms with van der Waals surface area (Å²) >= 11 is 0. The molecule has 0 heterocycles. The topological polar surface area (TPSA) is 38.3 Å². The molecule has 0 spiro atoms. The van der Waals surface area contributed by atoms with Crippen LogP contribution in [0.2, 0.25) is 0 Å². The molecule has 4 atom stereocenters. The van der Waals surface area contributed by atoms with E-state index in [0.717, 1.165) is 17.9 Å². The Bertz CT molecular complexity index is 544. The third kappa shape index (κ3) is 2.31. The summed E-state index contributed by atoms with van der Waals surface area (Å²) in [6, 6.07) is 9.91. The van der Waals surface area contributed by atoms with Crippen LogP contribution in [-0.4, -0.2) is 11.6 Å². The highest BCUT2D eigenvalue weighted by Crippen LogP contribution is 2.59. The van der Waals surface area contributed by atoms with Gasteiger partial charge in [-0.15, -0.1) is 0 Å². The van der Waals surface area contributed by atoms with Crippen molar-refractivity contribution in [2.75, 3.05) is 0 Å². The van der Waals surface area contributed by atoms with Crippen molar-refractivity contribution in [3.05, 3.63) is 35.9 Å². The number of hydrogen-bond acceptors (Lipinski definition) is 2. The lowest BCUT2D eigenvalue weighted by Crippen LogP contribution is -2.58. The van der Waals surface area contributed by atoms with Crippen molar-refractivity contribution >= 4 is 6.09 Å². The minimum absolute atomic E-state index is 0.0505. The lowest BCUT2D eigenvalue weighted by molar-refractivity contribution is 0.0620. The summed E-state index contributed by atoms with van der Waals surface area (Å²) in [5, 5.41) is 3.33. The second-order valence-electron chi connectivity index (χ2n) is 7.35. The number of carbonyl (C=O) groups excluding carboxylic acids is 1. The molecule has 4 rings (SSSR count). The fraction of sp³-hybridized carbons (Fsp3) is 0.632. The molecule has 3 aliphatic carbocycles. The van der Waals surface area contributed by atoms with E-state index in [1.165, 1.54) is 38.5 Å². The summed E-state index contributed by atoms with van der Waals surface area (Å²) < 4.78 is 5.49. The van der Waals surface area contributed by atoms with E-state index < -0.39 is 0 Å². The van der Waals surface area contributed by atoms with Crippen LogP contribution in [-0.2, 0) is 11.3 Å². The number of amides is 1. The average molecular weight is 299 g/mol. The largest absolute Gasteiger partial charge is 0.445 e. The first-order valence-corrected chi connectivity index (χ1v) is 8.77. The summed E-state index contributed by atoms with van der Waals surface area (Å²) in [4.78, 5) is 12.4. The molecule has 3 heteroatoms. The summed E-state index contributed by atoms with van der Waals surface area (Å²) in [5.41, 5.74) is 1.10. The van der Waals surface area contributed by atoms with Crippen LogP contribution in [0.15, 0.2) is 30.3 Å². The number of fused-ring (bicyclic) bond motifs is 5. The number of ether oxygens (including phenoxy) is 1. The van der Waals surface area contributed by atoms with Crippen LogP contribution in [0, 0.1) is 17.8 Å². The molecule has 0 aromatic heterocycles. The van der Waals surface area contributed by atoms with Gasteiger partial charge < -0.3 is 10.1 Å². The van der Waals surface area contributed by atoms with Crippen molar-refractivity contribution in [3.8, 4) is 0 Å². The number of carbonyl (C=O) groups is 1. The Morgan fingerprint density at radius 1 is 1.18 bits per heavy atom. The van der Waals surface area contributed by atoms with Crippen LogP contribution >= 0.6 is 0 Å². The Labute approximate surface area is 132 Å². The molecule has 3 nitrogen and oxygen atoms in total. The molecule has 3 saturated carbocycles. The predicted molar refractivity (Wildman–Crippen MR) is 85.3 cm³/mol. The van der Waals surface area contributed by atoms with Gasteiger partial charge in [-0.05, 0) is 55.4 Å². The van der Waals surface area contributed by atoms with E-state index in [1.54, 1.807) is 0 Å². The van der Waals surface area contributed by atoms with E-state index in [9.17, 15) is 4.79 Å². The maximum atomic E-state index is 12.4. The fourth-order valence-electron chi connectivity index (χ4n) is 5.44. The number of alkyl carbamates (subject to hydrolysis) is 1. The summed E-state index contributed by atoms with van der Waals surface area (Å²) in [7, 11) is 0. The zero-order valence-corrected chi connectivity index (χ0v) is 13.1. The van der Waals surface area contributed by atoms with Gasteiger partial charge >= 0.3 is 6.09 Å². The van der Waals surface area contributed by atoms with Crippen LogP contribution in [0.3, 0.4) is 0 Å². The van der Waals surface area contributed by atoms with Crippen molar-refractivity contribution in [3.63, 3.8) is 0 Å². The minimum Gasteiger partial charge on any atom is -0.445 e. The molecule has 2 unspecified atom stereocenters. The molecule has 3 aliphatic rings. The van der Waals surface area contributed by atoms with Gasteiger partial charge in [0.25, 0.3) is 0 Å². The standard InChI is InChI=1S/C19H25NO2/c21-18(22-13-14-6-2-1-3-7-14)20-19-11-5-4-8-17(19)15-9-10-16(19)12-15/h1-3,6-7,15-17H,4-5,8-13H2,(H,20,21)/t15-,16+,17?,19?/m1/s1. The quantitative estimate of drug-likeness (QED) is 0.905. The lowest BCUT2D eigenvalue weighted by Gasteiger charge is -2.47. The molecule has 118 valence electrons. The molecular formula is C19H25NO2. The van der Waals surface area contributed by atoms with E-state index in [-0.39, 0.29) is 11.6 Å². The van der Waals surface area contributed by atoms with Crippen LogP contribution < -0.4 is 5.32 Å². The number of nitrogens with one attached hydrogen (secondary N) is 1. The van der Waals surface area contributed by atoms with Crippen LogP contribution in [0.25, 0.3) is 0 Å². The van der Waals surface area contributed by atoms with Gasteiger partial charge in [-0.3, -0.25) is 0 Å². The molecule has 0 saturated heterocycles. The summed E-state index contributed by atoms with van der Waals surface area (Å²) in [5.74, 6) is 2.23. The van der Waals surface area contributed by atoms with Crippen LogP contribution in [0.1, 0.15) is 50.5 Å².